The van der Waals surface area contributed by atoms with Gasteiger partial charge in [-0.05, 0) is 51.9 Å². The summed E-state index contributed by atoms with van der Waals surface area (Å²) in [4.78, 5) is 18.2. The van der Waals surface area contributed by atoms with Crippen LogP contribution in [0.5, 0.6) is 5.75 Å². The minimum Gasteiger partial charge on any atom is -0.492 e. The first-order valence-electron chi connectivity index (χ1n) is 6.82. The Morgan fingerprint density at radius 2 is 1.83 bits per heavy atom. The molecule has 3 N–H and O–H groups in total. The van der Waals surface area contributed by atoms with Crippen molar-refractivity contribution < 1.29 is 24.5 Å². The van der Waals surface area contributed by atoms with Crippen LogP contribution in [0.1, 0.15) is 27.2 Å². The number of carboxylic acid groups (broad SMARTS) is 2. The molecule has 8 heteroatoms. The first kappa shape index (κ1) is 21.7. The quantitative estimate of drug-likeness (QED) is 0.508. The van der Waals surface area contributed by atoms with Crippen molar-refractivity contribution in [3.05, 3.63) is 27.7 Å². The Hall–Kier alpha value is -1.31. The van der Waals surface area contributed by atoms with Gasteiger partial charge in [0.15, 0.2) is 0 Å². The molecule has 0 heterocycles. The first-order valence-corrected chi connectivity index (χ1v) is 7.99. The largest absolute Gasteiger partial charge is 0.492 e. The van der Waals surface area contributed by atoms with Crippen LogP contribution in [0.2, 0.25) is 5.02 Å². The molecule has 0 saturated heterocycles. The van der Waals surface area contributed by atoms with Gasteiger partial charge >= 0.3 is 11.9 Å². The number of nitrogens with one attached hydrogen (secondary N) is 1. The predicted octanol–water partition coefficient (Wildman–Crippen LogP) is 3.42. The lowest BCUT2D eigenvalue weighted by Gasteiger charge is -2.20. The van der Waals surface area contributed by atoms with E-state index in [1.54, 1.807) is 0 Å². The summed E-state index contributed by atoms with van der Waals surface area (Å²) in [6.45, 7) is 8.07. The molecular formula is C15H21BrClNO5. The fourth-order valence-corrected chi connectivity index (χ4v) is 2.04. The normalized spacial score (nSPS) is 10.5. The highest BCUT2D eigenvalue weighted by molar-refractivity contribution is 9.10. The molecule has 1 rings (SSSR count). The van der Waals surface area contributed by atoms with Crippen LogP contribution in [-0.4, -0.2) is 40.8 Å². The van der Waals surface area contributed by atoms with Gasteiger partial charge in [0, 0.05) is 10.0 Å². The van der Waals surface area contributed by atoms with E-state index in [0.717, 1.165) is 23.2 Å². The number of aliphatic carboxylic acids is 2. The summed E-state index contributed by atoms with van der Waals surface area (Å²) >= 11 is 9.41. The van der Waals surface area contributed by atoms with E-state index in [1.165, 1.54) is 0 Å². The SMILES string of the molecule is CC(C)(C)NCCCOc1ccc(Br)cc1Cl.O=C(O)C(=O)O. The molecule has 0 aliphatic rings. The molecule has 6 nitrogen and oxygen atoms in total. The molecule has 0 atom stereocenters. The van der Waals surface area contributed by atoms with Crippen LogP contribution >= 0.6 is 27.5 Å². The number of halogens is 2. The summed E-state index contributed by atoms with van der Waals surface area (Å²) in [6.07, 6.45) is 0.962. The van der Waals surface area contributed by atoms with E-state index < -0.39 is 11.9 Å². The molecule has 1 aromatic carbocycles. The van der Waals surface area contributed by atoms with Crippen molar-refractivity contribution in [1.29, 1.82) is 0 Å². The summed E-state index contributed by atoms with van der Waals surface area (Å²) in [5.41, 5.74) is 0.162. The maximum atomic E-state index is 9.10. The zero-order valence-corrected chi connectivity index (χ0v) is 15.6. The minimum atomic E-state index is -1.82. The summed E-state index contributed by atoms with van der Waals surface area (Å²) < 4.78 is 6.58. The number of benzene rings is 1. The molecule has 0 unspecified atom stereocenters. The molecule has 0 aliphatic carbocycles. The van der Waals surface area contributed by atoms with Gasteiger partial charge in [0.1, 0.15) is 5.75 Å². The van der Waals surface area contributed by atoms with Crippen molar-refractivity contribution in [2.24, 2.45) is 0 Å². The first-order chi connectivity index (χ1) is 10.5. The number of hydrogen-bond donors (Lipinski definition) is 3. The molecule has 0 radical (unpaired) electrons. The summed E-state index contributed by atoms with van der Waals surface area (Å²) in [7, 11) is 0. The molecule has 0 aliphatic heterocycles. The zero-order chi connectivity index (χ0) is 18.0. The third kappa shape index (κ3) is 11.9. The van der Waals surface area contributed by atoms with Gasteiger partial charge in [-0.2, -0.15) is 0 Å². The molecule has 1 aromatic rings. The topological polar surface area (TPSA) is 95.9 Å². The third-order valence-electron chi connectivity index (χ3n) is 2.31. The molecular weight excluding hydrogens is 390 g/mol. The van der Waals surface area contributed by atoms with Gasteiger partial charge in [0.05, 0.1) is 11.6 Å². The van der Waals surface area contributed by atoms with Crippen molar-refractivity contribution in [3.63, 3.8) is 0 Å². The van der Waals surface area contributed by atoms with Crippen molar-refractivity contribution in [1.82, 2.24) is 5.32 Å². The molecule has 130 valence electrons. The van der Waals surface area contributed by atoms with Gasteiger partial charge in [0.25, 0.3) is 0 Å². The van der Waals surface area contributed by atoms with Crippen molar-refractivity contribution >= 4 is 39.5 Å². The Morgan fingerprint density at radius 3 is 2.26 bits per heavy atom. The van der Waals surface area contributed by atoms with Gasteiger partial charge in [-0.1, -0.05) is 27.5 Å². The van der Waals surface area contributed by atoms with Crippen LogP contribution in [-0.2, 0) is 9.59 Å². The van der Waals surface area contributed by atoms with E-state index in [2.05, 4.69) is 42.0 Å². The fraction of sp³-hybridized carbons (Fsp3) is 0.467. The molecule has 0 aromatic heterocycles. The van der Waals surface area contributed by atoms with Crippen LogP contribution in [0.4, 0.5) is 0 Å². The standard InChI is InChI=1S/C13H19BrClNO.C2H2O4/c1-13(2,3)16-7-4-8-17-12-6-5-10(14)9-11(12)15;3-1(4)2(5)6/h5-6,9,16H,4,7-8H2,1-3H3;(H,3,4)(H,5,6). The third-order valence-corrected chi connectivity index (χ3v) is 3.10. The summed E-state index contributed by atoms with van der Waals surface area (Å²) in [5, 5.41) is 18.8. The molecule has 0 saturated carbocycles. The van der Waals surface area contributed by atoms with Crippen LogP contribution in [0.25, 0.3) is 0 Å². The smallest absolute Gasteiger partial charge is 0.414 e. The predicted molar refractivity (Wildman–Crippen MR) is 92.3 cm³/mol. The molecule has 0 bridgehead atoms. The maximum Gasteiger partial charge on any atom is 0.414 e. The van der Waals surface area contributed by atoms with Crippen LogP contribution in [0, 0.1) is 0 Å². The van der Waals surface area contributed by atoms with Gasteiger partial charge in [-0.3, -0.25) is 0 Å². The van der Waals surface area contributed by atoms with Gasteiger partial charge in [-0.15, -0.1) is 0 Å². The van der Waals surface area contributed by atoms with Crippen molar-refractivity contribution in [2.45, 2.75) is 32.7 Å². The highest BCUT2D eigenvalue weighted by atomic mass is 79.9. The zero-order valence-electron chi connectivity index (χ0n) is 13.2. The van der Waals surface area contributed by atoms with E-state index in [9.17, 15) is 0 Å². The second kappa shape index (κ2) is 10.5. The number of hydrogen-bond acceptors (Lipinski definition) is 4. The maximum absolute atomic E-state index is 9.10. The second-order valence-electron chi connectivity index (χ2n) is 5.56. The minimum absolute atomic E-state index is 0.162. The van der Waals surface area contributed by atoms with E-state index in [4.69, 9.17) is 36.1 Å². The van der Waals surface area contributed by atoms with E-state index in [0.29, 0.717) is 11.6 Å². The number of carbonyl (C=O) groups is 2. The average molecular weight is 411 g/mol. The van der Waals surface area contributed by atoms with Crippen molar-refractivity contribution in [2.75, 3.05) is 13.2 Å². The van der Waals surface area contributed by atoms with Crippen molar-refractivity contribution in [3.8, 4) is 5.75 Å². The summed E-state index contributed by atoms with van der Waals surface area (Å²) in [6, 6.07) is 5.64. The molecule has 0 spiro atoms. The van der Waals surface area contributed by atoms with Gasteiger partial charge < -0.3 is 20.3 Å². The Labute approximate surface area is 148 Å². The van der Waals surface area contributed by atoms with Gasteiger partial charge in [-0.25, -0.2) is 9.59 Å². The van der Waals surface area contributed by atoms with E-state index in [1.807, 2.05) is 18.2 Å². The van der Waals surface area contributed by atoms with Crippen LogP contribution in [0.3, 0.4) is 0 Å². The lowest BCUT2D eigenvalue weighted by atomic mass is 10.1. The molecule has 0 amide bonds. The van der Waals surface area contributed by atoms with E-state index in [-0.39, 0.29) is 5.54 Å². The molecule has 0 fully saturated rings. The Bertz CT molecular complexity index is 519. The number of ether oxygens (including phenoxy) is 1. The monoisotopic (exact) mass is 409 g/mol. The lowest BCUT2D eigenvalue weighted by molar-refractivity contribution is -0.159. The Morgan fingerprint density at radius 1 is 1.26 bits per heavy atom. The Kier molecular flexibility index (Phi) is 9.87. The Balaban J connectivity index is 0.000000688. The highest BCUT2D eigenvalue weighted by Gasteiger charge is 2.07. The van der Waals surface area contributed by atoms with Crippen LogP contribution in [0.15, 0.2) is 22.7 Å². The van der Waals surface area contributed by atoms with Gasteiger partial charge in [0.2, 0.25) is 0 Å². The number of carboxylic acids is 2. The summed E-state index contributed by atoms with van der Waals surface area (Å²) in [5.74, 6) is -2.91. The highest BCUT2D eigenvalue weighted by Crippen LogP contribution is 2.27. The second-order valence-corrected chi connectivity index (χ2v) is 6.89. The fourth-order valence-electron chi connectivity index (χ4n) is 1.31. The lowest BCUT2D eigenvalue weighted by Crippen LogP contribution is -2.36. The van der Waals surface area contributed by atoms with Crippen LogP contribution < -0.4 is 10.1 Å². The molecule has 23 heavy (non-hydrogen) atoms. The average Bonchev–Trinajstić information content (AvgIpc) is 2.40. The number of rotatable bonds is 5. The van der Waals surface area contributed by atoms with E-state index >= 15 is 0 Å².